The topological polar surface area (TPSA) is 104 Å². The molecule has 1 aromatic carbocycles. The van der Waals surface area contributed by atoms with Crippen LogP contribution in [0.2, 0.25) is 0 Å². The monoisotopic (exact) mass is 436 g/mol. The predicted octanol–water partition coefficient (Wildman–Crippen LogP) is 1.77. The van der Waals surface area contributed by atoms with Gasteiger partial charge >= 0.3 is 0 Å². The second-order valence-electron chi connectivity index (χ2n) is 7.88. The number of rotatable bonds is 7. The van der Waals surface area contributed by atoms with Crippen molar-refractivity contribution in [3.05, 3.63) is 47.7 Å². The van der Waals surface area contributed by atoms with E-state index >= 15 is 0 Å². The Morgan fingerprint density at radius 1 is 1.03 bits per heavy atom. The fourth-order valence-electron chi connectivity index (χ4n) is 3.63. The number of ether oxygens (including phenoxy) is 1. The fraction of sp³-hybridized carbons (Fsp3) is 0.391. The van der Waals surface area contributed by atoms with Crippen molar-refractivity contribution in [2.45, 2.75) is 13.8 Å². The van der Waals surface area contributed by atoms with Crippen LogP contribution in [0.15, 0.2) is 36.4 Å². The lowest BCUT2D eigenvalue weighted by atomic mass is 10.2. The van der Waals surface area contributed by atoms with E-state index in [2.05, 4.69) is 30.1 Å². The van der Waals surface area contributed by atoms with Crippen molar-refractivity contribution in [3.63, 3.8) is 0 Å². The highest BCUT2D eigenvalue weighted by Gasteiger charge is 2.20. The summed E-state index contributed by atoms with van der Waals surface area (Å²) in [5.41, 5.74) is 3.28. The number of aliphatic hydroxyl groups excluding tert-OH is 1. The van der Waals surface area contributed by atoms with Gasteiger partial charge < -0.3 is 20.1 Å². The van der Waals surface area contributed by atoms with Gasteiger partial charge in [0.15, 0.2) is 6.61 Å². The number of carbonyl (C=O) groups is 1. The van der Waals surface area contributed by atoms with Crippen LogP contribution in [0.4, 0.5) is 11.8 Å². The molecule has 1 aliphatic heterocycles. The molecule has 3 heterocycles. The molecular weight excluding hydrogens is 408 g/mol. The Labute approximate surface area is 187 Å². The molecule has 1 fully saturated rings. The number of benzene rings is 1. The van der Waals surface area contributed by atoms with Crippen LogP contribution in [-0.4, -0.2) is 76.8 Å². The summed E-state index contributed by atoms with van der Waals surface area (Å²) in [6.45, 7) is 8.03. The zero-order chi connectivity index (χ0) is 22.5. The summed E-state index contributed by atoms with van der Waals surface area (Å²) >= 11 is 0. The highest BCUT2D eigenvalue weighted by atomic mass is 16.5. The molecule has 0 aliphatic carbocycles. The number of nitrogens with one attached hydrogen (secondary N) is 1. The van der Waals surface area contributed by atoms with Gasteiger partial charge in [0, 0.05) is 32.7 Å². The van der Waals surface area contributed by atoms with Crippen LogP contribution in [0.1, 0.15) is 11.3 Å². The molecule has 1 aliphatic rings. The summed E-state index contributed by atoms with van der Waals surface area (Å²) in [6, 6.07) is 11.1. The number of fused-ring (bicyclic) bond motifs is 1. The molecule has 3 aromatic rings. The third kappa shape index (κ3) is 5.30. The largest absolute Gasteiger partial charge is 0.484 e. The number of carbonyl (C=O) groups excluding carboxylic acids is 1. The van der Waals surface area contributed by atoms with Gasteiger partial charge in [-0.15, -0.1) is 0 Å². The molecule has 32 heavy (non-hydrogen) atoms. The molecular formula is C23H28N6O3. The number of amides is 1. The van der Waals surface area contributed by atoms with Gasteiger partial charge in [0.05, 0.1) is 17.8 Å². The SMILES string of the molecule is Cc1ccc(OCC(=O)Nc2ccc3nc(N4CCN(CCO)CC4)nc(C)c3n2)cc1. The van der Waals surface area contributed by atoms with Crippen LogP contribution in [0.3, 0.4) is 0 Å². The zero-order valence-electron chi connectivity index (χ0n) is 18.4. The van der Waals surface area contributed by atoms with Crippen LogP contribution >= 0.6 is 0 Å². The number of hydrogen-bond acceptors (Lipinski definition) is 8. The van der Waals surface area contributed by atoms with Gasteiger partial charge in [-0.2, -0.15) is 0 Å². The van der Waals surface area contributed by atoms with Crippen LogP contribution in [0.25, 0.3) is 11.0 Å². The Balaban J connectivity index is 1.40. The minimum absolute atomic E-state index is 0.0978. The van der Waals surface area contributed by atoms with Crippen molar-refractivity contribution in [2.75, 3.05) is 56.2 Å². The van der Waals surface area contributed by atoms with Crippen LogP contribution < -0.4 is 15.0 Å². The first-order valence-corrected chi connectivity index (χ1v) is 10.7. The molecule has 0 radical (unpaired) electrons. The molecule has 2 aromatic heterocycles. The third-order valence-electron chi connectivity index (χ3n) is 5.43. The van der Waals surface area contributed by atoms with Crippen molar-refractivity contribution < 1.29 is 14.6 Å². The minimum atomic E-state index is -0.284. The highest BCUT2D eigenvalue weighted by molar-refractivity contribution is 5.92. The number of aryl methyl sites for hydroxylation is 2. The van der Waals surface area contributed by atoms with Crippen molar-refractivity contribution in [2.24, 2.45) is 0 Å². The molecule has 0 spiro atoms. The molecule has 1 amide bonds. The smallest absolute Gasteiger partial charge is 0.263 e. The Bertz CT molecular complexity index is 1080. The van der Waals surface area contributed by atoms with Crippen LogP contribution in [0.5, 0.6) is 5.75 Å². The number of nitrogens with zero attached hydrogens (tertiary/aromatic N) is 5. The first-order valence-electron chi connectivity index (χ1n) is 10.7. The number of piperazine rings is 1. The lowest BCUT2D eigenvalue weighted by Gasteiger charge is -2.34. The maximum atomic E-state index is 12.3. The molecule has 9 heteroatoms. The van der Waals surface area contributed by atoms with Gasteiger partial charge in [0.2, 0.25) is 5.95 Å². The van der Waals surface area contributed by atoms with Crippen molar-refractivity contribution in [1.29, 1.82) is 0 Å². The standard InChI is InChI=1S/C23H28N6O3/c1-16-3-5-18(6-4-16)32-15-21(31)26-20-8-7-19-22(27-20)17(2)24-23(25-19)29-11-9-28(10-12-29)13-14-30/h3-8,30H,9-15H2,1-2H3,(H,26,27,31). The van der Waals surface area contributed by atoms with Crippen LogP contribution in [-0.2, 0) is 4.79 Å². The van der Waals surface area contributed by atoms with E-state index in [0.717, 1.165) is 43.0 Å². The van der Waals surface area contributed by atoms with E-state index in [4.69, 9.17) is 9.84 Å². The van der Waals surface area contributed by atoms with E-state index < -0.39 is 0 Å². The van der Waals surface area contributed by atoms with Gasteiger partial charge in [-0.25, -0.2) is 15.0 Å². The molecule has 0 bridgehead atoms. The molecule has 0 saturated carbocycles. The molecule has 0 atom stereocenters. The minimum Gasteiger partial charge on any atom is -0.484 e. The second kappa shape index (κ2) is 9.88. The Morgan fingerprint density at radius 2 is 1.78 bits per heavy atom. The van der Waals surface area contributed by atoms with Gasteiger partial charge in [0.25, 0.3) is 5.91 Å². The molecule has 4 rings (SSSR count). The van der Waals surface area contributed by atoms with E-state index in [1.165, 1.54) is 0 Å². The number of pyridine rings is 1. The van der Waals surface area contributed by atoms with Gasteiger partial charge in [-0.3, -0.25) is 9.69 Å². The molecule has 2 N–H and O–H groups in total. The molecule has 168 valence electrons. The fourth-order valence-corrected chi connectivity index (χ4v) is 3.63. The first-order chi connectivity index (χ1) is 15.5. The Morgan fingerprint density at radius 3 is 2.50 bits per heavy atom. The zero-order valence-corrected chi connectivity index (χ0v) is 18.4. The number of anilines is 2. The summed E-state index contributed by atoms with van der Waals surface area (Å²) in [5.74, 6) is 1.48. The second-order valence-corrected chi connectivity index (χ2v) is 7.88. The van der Waals surface area contributed by atoms with Gasteiger partial charge in [-0.1, -0.05) is 17.7 Å². The highest BCUT2D eigenvalue weighted by Crippen LogP contribution is 2.21. The first kappa shape index (κ1) is 21.9. The van der Waals surface area contributed by atoms with E-state index in [9.17, 15) is 4.79 Å². The number of aromatic nitrogens is 3. The summed E-state index contributed by atoms with van der Waals surface area (Å²) in [5, 5.41) is 11.9. The average Bonchev–Trinajstić information content (AvgIpc) is 2.80. The third-order valence-corrected chi connectivity index (χ3v) is 5.43. The normalized spacial score (nSPS) is 14.5. The molecule has 9 nitrogen and oxygen atoms in total. The lowest BCUT2D eigenvalue weighted by Crippen LogP contribution is -2.47. The molecule has 1 saturated heterocycles. The summed E-state index contributed by atoms with van der Waals surface area (Å²) in [6.07, 6.45) is 0. The van der Waals surface area contributed by atoms with E-state index in [1.54, 1.807) is 6.07 Å². The number of β-amino-alcohol motifs (C(OH)–C–C–N with tert-alkyl or cyclic N) is 1. The summed E-state index contributed by atoms with van der Waals surface area (Å²) in [7, 11) is 0. The lowest BCUT2D eigenvalue weighted by molar-refractivity contribution is -0.118. The van der Waals surface area contributed by atoms with Crippen molar-refractivity contribution in [3.8, 4) is 5.75 Å². The van der Waals surface area contributed by atoms with E-state index in [0.29, 0.717) is 29.6 Å². The Kier molecular flexibility index (Phi) is 6.77. The van der Waals surface area contributed by atoms with E-state index in [1.807, 2.05) is 44.2 Å². The summed E-state index contributed by atoms with van der Waals surface area (Å²) < 4.78 is 5.52. The van der Waals surface area contributed by atoms with Crippen LogP contribution in [0, 0.1) is 13.8 Å². The van der Waals surface area contributed by atoms with Crippen molar-refractivity contribution in [1.82, 2.24) is 19.9 Å². The predicted molar refractivity (Wildman–Crippen MR) is 123 cm³/mol. The van der Waals surface area contributed by atoms with Gasteiger partial charge in [-0.05, 0) is 38.1 Å². The maximum absolute atomic E-state index is 12.3. The molecule has 0 unspecified atom stereocenters. The number of aliphatic hydroxyl groups is 1. The maximum Gasteiger partial charge on any atom is 0.263 e. The Hall–Kier alpha value is -3.30. The van der Waals surface area contributed by atoms with Crippen molar-refractivity contribution >= 4 is 28.7 Å². The quantitative estimate of drug-likeness (QED) is 0.578. The summed E-state index contributed by atoms with van der Waals surface area (Å²) in [4.78, 5) is 30.5. The number of hydrogen-bond donors (Lipinski definition) is 2. The van der Waals surface area contributed by atoms with E-state index in [-0.39, 0.29) is 19.1 Å². The average molecular weight is 437 g/mol. The van der Waals surface area contributed by atoms with Gasteiger partial charge in [0.1, 0.15) is 17.1 Å².